The molecule has 0 atom stereocenters. The van der Waals surface area contributed by atoms with Crippen LogP contribution < -0.4 is 4.90 Å². The van der Waals surface area contributed by atoms with Crippen LogP contribution in [0.15, 0.2) is 41.3 Å². The van der Waals surface area contributed by atoms with E-state index in [4.69, 9.17) is 12.2 Å². The number of anilines is 1. The molecule has 1 aliphatic rings. The zero-order valence-electron chi connectivity index (χ0n) is 19.4. The smallest absolute Gasteiger partial charge is 0.270 e. The predicted molar refractivity (Wildman–Crippen MR) is 137 cm³/mol. The van der Waals surface area contributed by atoms with Crippen LogP contribution >= 0.6 is 24.0 Å². The summed E-state index contributed by atoms with van der Waals surface area (Å²) in [5, 5.41) is 11.0. The first kappa shape index (κ1) is 23.6. The van der Waals surface area contributed by atoms with Crippen molar-refractivity contribution in [2.75, 3.05) is 4.90 Å². The number of carbonyl (C=O) groups is 1. The van der Waals surface area contributed by atoms with E-state index in [0.717, 1.165) is 28.8 Å². The summed E-state index contributed by atoms with van der Waals surface area (Å²) in [4.78, 5) is 15.4. The van der Waals surface area contributed by atoms with E-state index in [1.807, 2.05) is 42.5 Å². The quantitative estimate of drug-likeness (QED) is 0.403. The molecular formula is C26H31NO2S2. The number of rotatable bonds is 3. The Bertz CT molecular complexity index is 1020. The summed E-state index contributed by atoms with van der Waals surface area (Å²) in [5.41, 5.74) is 4.20. The van der Waals surface area contributed by atoms with Crippen molar-refractivity contribution in [2.24, 2.45) is 0 Å². The van der Waals surface area contributed by atoms with Crippen molar-refractivity contribution >= 4 is 46.0 Å². The predicted octanol–water partition coefficient (Wildman–Crippen LogP) is 6.96. The molecule has 1 saturated heterocycles. The van der Waals surface area contributed by atoms with E-state index in [1.165, 1.54) is 17.3 Å². The Morgan fingerprint density at radius 2 is 1.52 bits per heavy atom. The van der Waals surface area contributed by atoms with Crippen LogP contribution in [0.5, 0.6) is 5.75 Å². The van der Waals surface area contributed by atoms with Gasteiger partial charge in [-0.25, -0.2) is 0 Å². The highest BCUT2D eigenvalue weighted by atomic mass is 32.2. The van der Waals surface area contributed by atoms with E-state index < -0.39 is 0 Å². The SMILES string of the molecule is CCc1ccc(N2C(=O)/C(=C/c3cc(C(C)(C)C)c(O)c(C(C)(C)C)c3)SC2=S)cc1. The van der Waals surface area contributed by atoms with Gasteiger partial charge in [-0.15, -0.1) is 0 Å². The minimum absolute atomic E-state index is 0.109. The Hall–Kier alpha value is -2.11. The highest BCUT2D eigenvalue weighted by Gasteiger charge is 2.34. The van der Waals surface area contributed by atoms with Gasteiger partial charge in [-0.1, -0.05) is 84.6 Å². The number of phenolic OH excluding ortho intramolecular Hbond substituents is 1. The largest absolute Gasteiger partial charge is 0.507 e. The lowest BCUT2D eigenvalue weighted by molar-refractivity contribution is -0.113. The molecule has 31 heavy (non-hydrogen) atoms. The third kappa shape index (κ3) is 4.88. The molecule has 1 heterocycles. The number of thiocarbonyl (C=S) groups is 1. The van der Waals surface area contributed by atoms with Gasteiger partial charge in [0.15, 0.2) is 4.32 Å². The summed E-state index contributed by atoms with van der Waals surface area (Å²) >= 11 is 6.85. The average molecular weight is 454 g/mol. The van der Waals surface area contributed by atoms with Gasteiger partial charge < -0.3 is 5.11 Å². The first-order valence-corrected chi connectivity index (χ1v) is 11.8. The van der Waals surface area contributed by atoms with E-state index in [9.17, 15) is 9.90 Å². The molecule has 0 aromatic heterocycles. The van der Waals surface area contributed by atoms with Gasteiger partial charge in [-0.05, 0) is 58.7 Å². The van der Waals surface area contributed by atoms with Gasteiger partial charge in [0.25, 0.3) is 5.91 Å². The van der Waals surface area contributed by atoms with Gasteiger partial charge in [0.05, 0.1) is 10.6 Å². The van der Waals surface area contributed by atoms with Crippen LogP contribution in [0.25, 0.3) is 6.08 Å². The van der Waals surface area contributed by atoms with Crippen molar-refractivity contribution in [3.8, 4) is 5.75 Å². The fourth-order valence-corrected chi connectivity index (χ4v) is 4.90. The summed E-state index contributed by atoms with van der Waals surface area (Å²) in [7, 11) is 0. The molecule has 2 aromatic carbocycles. The van der Waals surface area contributed by atoms with Crippen LogP contribution in [0.4, 0.5) is 5.69 Å². The summed E-state index contributed by atoms with van der Waals surface area (Å²) < 4.78 is 0.534. The van der Waals surface area contributed by atoms with Gasteiger partial charge in [0, 0.05) is 11.1 Å². The minimum Gasteiger partial charge on any atom is -0.507 e. The molecule has 1 fully saturated rings. The number of amides is 1. The van der Waals surface area contributed by atoms with Crippen LogP contribution in [0.3, 0.4) is 0 Å². The second-order valence-corrected chi connectivity index (χ2v) is 11.7. The molecule has 0 saturated carbocycles. The van der Waals surface area contributed by atoms with Gasteiger partial charge in [0.2, 0.25) is 0 Å². The average Bonchev–Trinajstić information content (AvgIpc) is 2.94. The van der Waals surface area contributed by atoms with Gasteiger partial charge >= 0.3 is 0 Å². The van der Waals surface area contributed by atoms with Gasteiger partial charge in [0.1, 0.15) is 5.75 Å². The number of hydrogen-bond acceptors (Lipinski definition) is 4. The number of aromatic hydroxyl groups is 1. The number of benzene rings is 2. The third-order valence-electron chi connectivity index (χ3n) is 5.44. The van der Waals surface area contributed by atoms with Crippen molar-refractivity contribution in [1.29, 1.82) is 0 Å². The lowest BCUT2D eigenvalue weighted by Crippen LogP contribution is -2.27. The van der Waals surface area contributed by atoms with E-state index in [-0.39, 0.29) is 16.7 Å². The number of thioether (sulfide) groups is 1. The molecule has 3 nitrogen and oxygen atoms in total. The second kappa shape index (κ2) is 8.44. The Morgan fingerprint density at radius 3 is 1.97 bits per heavy atom. The normalized spacial score (nSPS) is 16.5. The van der Waals surface area contributed by atoms with Crippen LogP contribution in [0.1, 0.15) is 70.7 Å². The molecular weight excluding hydrogens is 422 g/mol. The fraction of sp³-hybridized carbons (Fsp3) is 0.385. The first-order valence-electron chi connectivity index (χ1n) is 10.6. The summed E-state index contributed by atoms with van der Waals surface area (Å²) in [6, 6.07) is 11.9. The van der Waals surface area contributed by atoms with Crippen LogP contribution in [-0.2, 0) is 22.0 Å². The molecule has 0 aliphatic carbocycles. The molecule has 0 unspecified atom stereocenters. The minimum atomic E-state index is -0.228. The molecule has 3 rings (SSSR count). The number of nitrogens with zero attached hydrogens (tertiary/aromatic N) is 1. The number of carbonyl (C=O) groups excluding carboxylic acids is 1. The van der Waals surface area contributed by atoms with Gasteiger partial charge in [-0.3, -0.25) is 9.69 Å². The highest BCUT2D eigenvalue weighted by molar-refractivity contribution is 8.27. The van der Waals surface area contributed by atoms with E-state index in [1.54, 1.807) is 4.90 Å². The maximum Gasteiger partial charge on any atom is 0.270 e. The summed E-state index contributed by atoms with van der Waals surface area (Å²) in [6.07, 6.45) is 2.84. The lowest BCUT2D eigenvalue weighted by atomic mass is 9.78. The van der Waals surface area contributed by atoms with E-state index >= 15 is 0 Å². The van der Waals surface area contributed by atoms with E-state index in [0.29, 0.717) is 15.0 Å². The van der Waals surface area contributed by atoms with Crippen LogP contribution in [-0.4, -0.2) is 15.3 Å². The van der Waals surface area contributed by atoms with Crippen molar-refractivity contribution in [1.82, 2.24) is 0 Å². The monoisotopic (exact) mass is 453 g/mol. The first-order chi connectivity index (χ1) is 14.3. The number of aryl methyl sites for hydroxylation is 1. The zero-order chi connectivity index (χ0) is 23.1. The maximum absolute atomic E-state index is 13.2. The molecule has 5 heteroatoms. The molecule has 0 radical (unpaired) electrons. The van der Waals surface area contributed by atoms with Crippen molar-refractivity contribution in [3.05, 3.63) is 63.6 Å². The van der Waals surface area contributed by atoms with Crippen LogP contribution in [0.2, 0.25) is 0 Å². The summed E-state index contributed by atoms with van der Waals surface area (Å²) in [6.45, 7) is 14.6. The van der Waals surface area contributed by atoms with Crippen molar-refractivity contribution in [2.45, 2.75) is 65.7 Å². The Balaban J connectivity index is 2.05. The Morgan fingerprint density at radius 1 is 1.00 bits per heavy atom. The Labute approximate surface area is 195 Å². The fourth-order valence-electron chi connectivity index (χ4n) is 3.61. The van der Waals surface area contributed by atoms with Crippen LogP contribution in [0, 0.1) is 0 Å². The maximum atomic E-state index is 13.2. The third-order valence-corrected chi connectivity index (χ3v) is 6.74. The Kier molecular flexibility index (Phi) is 6.41. The number of hydrogen-bond donors (Lipinski definition) is 1. The lowest BCUT2D eigenvalue weighted by Gasteiger charge is -2.28. The molecule has 164 valence electrons. The van der Waals surface area contributed by atoms with E-state index in [2.05, 4.69) is 48.5 Å². The van der Waals surface area contributed by atoms with Crippen molar-refractivity contribution < 1.29 is 9.90 Å². The number of phenols is 1. The van der Waals surface area contributed by atoms with Gasteiger partial charge in [-0.2, -0.15) is 0 Å². The molecule has 2 aromatic rings. The molecule has 0 bridgehead atoms. The molecule has 1 amide bonds. The summed E-state index contributed by atoms with van der Waals surface area (Å²) in [5.74, 6) is 0.225. The van der Waals surface area contributed by atoms with Crippen molar-refractivity contribution in [3.63, 3.8) is 0 Å². The topological polar surface area (TPSA) is 40.5 Å². The second-order valence-electron chi connectivity index (χ2n) is 10.0. The standard InChI is InChI=1S/C26H31NO2S2/c1-8-16-9-11-18(12-10-16)27-23(29)21(31-24(27)30)15-17-13-19(25(2,3)4)22(28)20(14-17)26(5,6)7/h9-15,28H,8H2,1-7H3/b21-15-. The molecule has 0 spiro atoms. The zero-order valence-corrected chi connectivity index (χ0v) is 21.0. The highest BCUT2D eigenvalue weighted by Crippen LogP contribution is 2.42. The molecule has 1 aliphatic heterocycles. The molecule has 1 N–H and O–H groups in total.